The highest BCUT2D eigenvalue weighted by Gasteiger charge is 2.21. The first-order chi connectivity index (χ1) is 14.0. The molecule has 2 aromatic carbocycles. The third-order valence-electron chi connectivity index (χ3n) is 4.65. The smallest absolute Gasteiger partial charge is 0.264 e. The SMILES string of the molecule is COc1ccc(S(=O)(=O)Nc2ccc3sc(C(=O)N4CCOCC4)cc3c2)cc1. The van der Waals surface area contributed by atoms with Crippen molar-refractivity contribution in [3.05, 3.63) is 53.4 Å². The fraction of sp³-hybridized carbons (Fsp3) is 0.250. The van der Waals surface area contributed by atoms with E-state index in [1.54, 1.807) is 29.2 Å². The summed E-state index contributed by atoms with van der Waals surface area (Å²) in [4.78, 5) is 15.2. The normalized spacial score (nSPS) is 14.7. The summed E-state index contributed by atoms with van der Waals surface area (Å²) in [5, 5.41) is 0.821. The van der Waals surface area contributed by atoms with Gasteiger partial charge >= 0.3 is 0 Å². The minimum Gasteiger partial charge on any atom is -0.497 e. The molecule has 1 fully saturated rings. The molecule has 9 heteroatoms. The number of anilines is 1. The van der Waals surface area contributed by atoms with Crippen LogP contribution in [0.3, 0.4) is 0 Å². The highest BCUT2D eigenvalue weighted by Crippen LogP contribution is 2.30. The van der Waals surface area contributed by atoms with E-state index in [0.29, 0.717) is 42.6 Å². The quantitative estimate of drug-likeness (QED) is 0.669. The predicted molar refractivity (Wildman–Crippen MR) is 112 cm³/mol. The Morgan fingerprint density at radius 3 is 2.52 bits per heavy atom. The average Bonchev–Trinajstić information content (AvgIpc) is 3.17. The molecule has 0 atom stereocenters. The van der Waals surface area contributed by atoms with Crippen LogP contribution >= 0.6 is 11.3 Å². The molecular formula is C20H20N2O5S2. The van der Waals surface area contributed by atoms with Crippen LogP contribution in [0.25, 0.3) is 10.1 Å². The van der Waals surface area contributed by atoms with Crippen LogP contribution in [0.5, 0.6) is 5.75 Å². The first-order valence-electron chi connectivity index (χ1n) is 9.04. The van der Waals surface area contributed by atoms with Crippen LogP contribution in [0.4, 0.5) is 5.69 Å². The number of fused-ring (bicyclic) bond motifs is 1. The number of carbonyl (C=O) groups is 1. The number of carbonyl (C=O) groups excluding carboxylic acids is 1. The number of ether oxygens (including phenoxy) is 2. The van der Waals surface area contributed by atoms with E-state index >= 15 is 0 Å². The lowest BCUT2D eigenvalue weighted by Gasteiger charge is -2.26. The van der Waals surface area contributed by atoms with Crippen LogP contribution in [0.2, 0.25) is 0 Å². The average molecular weight is 433 g/mol. The minimum atomic E-state index is -3.72. The standard InChI is InChI=1S/C20H20N2O5S2/c1-26-16-3-5-17(6-4-16)29(24,25)21-15-2-7-18-14(12-15)13-19(28-18)20(23)22-8-10-27-11-9-22/h2-7,12-13,21H,8-11H2,1H3. The van der Waals surface area contributed by atoms with Gasteiger partial charge in [0, 0.05) is 23.5 Å². The summed E-state index contributed by atoms with van der Waals surface area (Å²) in [6.45, 7) is 2.27. The van der Waals surface area contributed by atoms with E-state index in [4.69, 9.17) is 9.47 Å². The van der Waals surface area contributed by atoms with Gasteiger partial charge in [0.05, 0.1) is 30.1 Å². The molecule has 4 rings (SSSR count). The highest BCUT2D eigenvalue weighted by molar-refractivity contribution is 7.92. The van der Waals surface area contributed by atoms with E-state index in [1.807, 2.05) is 12.1 Å². The molecule has 0 bridgehead atoms. The molecule has 1 amide bonds. The van der Waals surface area contributed by atoms with Crippen molar-refractivity contribution in [2.75, 3.05) is 38.1 Å². The summed E-state index contributed by atoms with van der Waals surface area (Å²) in [5.41, 5.74) is 0.441. The van der Waals surface area contributed by atoms with Gasteiger partial charge in [0.2, 0.25) is 0 Å². The maximum atomic E-state index is 12.7. The summed E-state index contributed by atoms with van der Waals surface area (Å²) < 4.78 is 39.1. The van der Waals surface area contributed by atoms with Crippen LogP contribution < -0.4 is 9.46 Å². The van der Waals surface area contributed by atoms with Crippen LogP contribution in [0.15, 0.2) is 53.4 Å². The van der Waals surface area contributed by atoms with E-state index in [0.717, 1.165) is 10.1 Å². The second-order valence-electron chi connectivity index (χ2n) is 6.55. The van der Waals surface area contributed by atoms with Crippen molar-refractivity contribution < 1.29 is 22.7 Å². The maximum absolute atomic E-state index is 12.7. The van der Waals surface area contributed by atoms with Crippen molar-refractivity contribution in [1.29, 1.82) is 0 Å². The zero-order chi connectivity index (χ0) is 20.4. The molecule has 1 aromatic heterocycles. The van der Waals surface area contributed by atoms with E-state index in [2.05, 4.69) is 4.72 Å². The van der Waals surface area contributed by atoms with Crippen molar-refractivity contribution in [3.63, 3.8) is 0 Å². The molecule has 1 aliphatic rings. The molecule has 1 saturated heterocycles. The van der Waals surface area contributed by atoms with Crippen molar-refractivity contribution >= 4 is 43.0 Å². The van der Waals surface area contributed by atoms with Gasteiger partial charge in [-0.15, -0.1) is 11.3 Å². The fourth-order valence-electron chi connectivity index (χ4n) is 3.10. The Bertz CT molecular complexity index is 1130. The molecule has 0 unspecified atom stereocenters. The number of thiophene rings is 1. The van der Waals surface area contributed by atoms with Gasteiger partial charge < -0.3 is 14.4 Å². The van der Waals surface area contributed by atoms with E-state index in [9.17, 15) is 13.2 Å². The number of hydrogen-bond acceptors (Lipinski definition) is 6. The number of sulfonamides is 1. The van der Waals surface area contributed by atoms with Crippen LogP contribution in [0, 0.1) is 0 Å². The number of nitrogens with zero attached hydrogens (tertiary/aromatic N) is 1. The number of nitrogens with one attached hydrogen (secondary N) is 1. The van der Waals surface area contributed by atoms with E-state index in [-0.39, 0.29) is 10.8 Å². The number of amides is 1. The largest absolute Gasteiger partial charge is 0.497 e. The lowest BCUT2D eigenvalue weighted by Crippen LogP contribution is -2.40. The third kappa shape index (κ3) is 4.21. The van der Waals surface area contributed by atoms with Gasteiger partial charge in [0.15, 0.2) is 0 Å². The van der Waals surface area contributed by atoms with Crippen molar-refractivity contribution in [2.24, 2.45) is 0 Å². The Labute approximate surface area is 172 Å². The molecule has 3 aromatic rings. The summed E-state index contributed by atoms with van der Waals surface area (Å²) in [5.74, 6) is 0.566. The second-order valence-corrected chi connectivity index (χ2v) is 9.32. The lowest BCUT2D eigenvalue weighted by atomic mass is 10.2. The molecule has 7 nitrogen and oxygen atoms in total. The first kappa shape index (κ1) is 19.7. The number of morpholine rings is 1. The molecule has 0 spiro atoms. The Morgan fingerprint density at radius 2 is 1.83 bits per heavy atom. The zero-order valence-corrected chi connectivity index (χ0v) is 17.4. The van der Waals surface area contributed by atoms with Gasteiger partial charge in [-0.1, -0.05) is 0 Å². The van der Waals surface area contributed by atoms with Crippen LogP contribution in [0.1, 0.15) is 9.67 Å². The molecule has 1 N–H and O–H groups in total. The molecular weight excluding hydrogens is 412 g/mol. The van der Waals surface area contributed by atoms with Gasteiger partial charge in [0.1, 0.15) is 5.75 Å². The van der Waals surface area contributed by atoms with Gasteiger partial charge in [-0.3, -0.25) is 9.52 Å². The lowest BCUT2D eigenvalue weighted by molar-refractivity contribution is 0.0306. The summed E-state index contributed by atoms with van der Waals surface area (Å²) in [6, 6.07) is 13.2. The first-order valence-corrected chi connectivity index (χ1v) is 11.3. The molecule has 152 valence electrons. The van der Waals surface area contributed by atoms with Gasteiger partial charge in [-0.25, -0.2) is 8.42 Å². The monoisotopic (exact) mass is 432 g/mol. The topological polar surface area (TPSA) is 84.9 Å². The van der Waals surface area contributed by atoms with Crippen molar-refractivity contribution in [1.82, 2.24) is 4.90 Å². The van der Waals surface area contributed by atoms with Gasteiger partial charge in [-0.05, 0) is 53.9 Å². The number of hydrogen-bond donors (Lipinski definition) is 1. The Balaban J connectivity index is 1.56. The molecule has 0 saturated carbocycles. The van der Waals surface area contributed by atoms with Crippen LogP contribution in [-0.4, -0.2) is 52.6 Å². The Kier molecular flexibility index (Phi) is 5.44. The maximum Gasteiger partial charge on any atom is 0.264 e. The van der Waals surface area contributed by atoms with Gasteiger partial charge in [0.25, 0.3) is 15.9 Å². The van der Waals surface area contributed by atoms with Crippen molar-refractivity contribution in [3.8, 4) is 5.75 Å². The third-order valence-corrected chi connectivity index (χ3v) is 7.15. The van der Waals surface area contributed by atoms with E-state index in [1.165, 1.54) is 30.6 Å². The Morgan fingerprint density at radius 1 is 1.10 bits per heavy atom. The van der Waals surface area contributed by atoms with Crippen LogP contribution in [-0.2, 0) is 14.8 Å². The summed E-state index contributed by atoms with van der Waals surface area (Å²) in [6.07, 6.45) is 0. The molecule has 0 radical (unpaired) electrons. The minimum absolute atomic E-state index is 0.0186. The van der Waals surface area contributed by atoms with E-state index < -0.39 is 10.0 Å². The fourth-order valence-corrected chi connectivity index (χ4v) is 5.16. The van der Waals surface area contributed by atoms with Gasteiger partial charge in [-0.2, -0.15) is 0 Å². The summed E-state index contributed by atoms with van der Waals surface area (Å²) >= 11 is 1.40. The molecule has 1 aliphatic heterocycles. The highest BCUT2D eigenvalue weighted by atomic mass is 32.2. The Hall–Kier alpha value is -2.62. The number of benzene rings is 2. The summed E-state index contributed by atoms with van der Waals surface area (Å²) in [7, 11) is -2.20. The molecule has 29 heavy (non-hydrogen) atoms. The number of methoxy groups -OCH3 is 1. The zero-order valence-electron chi connectivity index (χ0n) is 15.8. The molecule has 2 heterocycles. The predicted octanol–water partition coefficient (Wildman–Crippen LogP) is 3.18. The number of rotatable bonds is 5. The molecule has 0 aliphatic carbocycles. The second kappa shape index (κ2) is 8.02. The van der Waals surface area contributed by atoms with Crippen molar-refractivity contribution in [2.45, 2.75) is 4.90 Å².